The molecule has 0 aliphatic carbocycles. The van der Waals surface area contributed by atoms with Gasteiger partial charge in [0.15, 0.2) is 0 Å². The van der Waals surface area contributed by atoms with Gasteiger partial charge < -0.3 is 15.4 Å². The molecule has 1 amide bonds. The first-order valence-corrected chi connectivity index (χ1v) is 12.3. The van der Waals surface area contributed by atoms with Crippen molar-refractivity contribution in [3.8, 4) is 22.4 Å². The molecule has 3 aromatic heterocycles. The van der Waals surface area contributed by atoms with Gasteiger partial charge in [0, 0.05) is 53.3 Å². The summed E-state index contributed by atoms with van der Waals surface area (Å²) in [4.78, 5) is 23.4. The summed E-state index contributed by atoms with van der Waals surface area (Å²) in [5.41, 5.74) is 10.3. The van der Waals surface area contributed by atoms with E-state index in [-0.39, 0.29) is 12.1 Å². The zero-order valence-corrected chi connectivity index (χ0v) is 21.2. The Kier molecular flexibility index (Phi) is 6.12. The van der Waals surface area contributed by atoms with Crippen molar-refractivity contribution in [3.05, 3.63) is 60.7 Å². The minimum Gasteiger partial charge on any atom is -0.444 e. The molecule has 0 bridgehead atoms. The number of anilines is 1. The monoisotopic (exact) mass is 484 g/mol. The van der Waals surface area contributed by atoms with Gasteiger partial charge in [-0.05, 0) is 58.1 Å². The average Bonchev–Trinajstić information content (AvgIpc) is 3.34. The van der Waals surface area contributed by atoms with Gasteiger partial charge in [-0.3, -0.25) is 9.67 Å². The number of hydrogen-bond donors (Lipinski definition) is 1. The Morgan fingerprint density at radius 3 is 2.58 bits per heavy atom. The Morgan fingerprint density at radius 1 is 1.08 bits per heavy atom. The van der Waals surface area contributed by atoms with Gasteiger partial charge in [0.25, 0.3) is 0 Å². The summed E-state index contributed by atoms with van der Waals surface area (Å²) >= 11 is 0. The number of fused-ring (bicyclic) bond motifs is 1. The summed E-state index contributed by atoms with van der Waals surface area (Å²) in [5.74, 6) is 0.447. The van der Waals surface area contributed by atoms with Crippen LogP contribution in [0.15, 0.2) is 55.0 Å². The molecule has 8 heteroatoms. The summed E-state index contributed by atoms with van der Waals surface area (Å²) < 4.78 is 7.51. The van der Waals surface area contributed by atoms with Crippen LogP contribution in [0.5, 0.6) is 0 Å². The number of carbonyl (C=O) groups is 1. The molecule has 1 saturated heterocycles. The molecule has 0 spiro atoms. The summed E-state index contributed by atoms with van der Waals surface area (Å²) in [7, 11) is 0. The number of aromatic nitrogens is 4. The van der Waals surface area contributed by atoms with E-state index in [0.29, 0.717) is 18.9 Å². The maximum atomic E-state index is 12.4. The molecule has 186 valence electrons. The Morgan fingerprint density at radius 2 is 1.83 bits per heavy atom. The molecule has 2 N–H and O–H groups in total. The lowest BCUT2D eigenvalue weighted by Crippen LogP contribution is -2.42. The van der Waals surface area contributed by atoms with Crippen LogP contribution in [0.1, 0.15) is 45.3 Å². The average molecular weight is 485 g/mol. The highest BCUT2D eigenvalue weighted by molar-refractivity contribution is 5.89. The highest BCUT2D eigenvalue weighted by Crippen LogP contribution is 2.32. The van der Waals surface area contributed by atoms with Gasteiger partial charge in [-0.2, -0.15) is 5.10 Å². The Balaban J connectivity index is 1.34. The lowest BCUT2D eigenvalue weighted by atomic mass is 10.0. The molecule has 5 rings (SSSR count). The molecule has 0 radical (unpaired) electrons. The maximum absolute atomic E-state index is 12.4. The first-order chi connectivity index (χ1) is 17.2. The van der Waals surface area contributed by atoms with E-state index in [1.54, 1.807) is 11.1 Å². The van der Waals surface area contributed by atoms with Gasteiger partial charge in [-0.15, -0.1) is 0 Å². The fraction of sp³-hybridized carbons (Fsp3) is 0.357. The molecule has 4 heterocycles. The predicted molar refractivity (Wildman–Crippen MR) is 141 cm³/mol. The summed E-state index contributed by atoms with van der Waals surface area (Å²) in [5, 5.41) is 6.88. The fourth-order valence-electron chi connectivity index (χ4n) is 4.68. The van der Waals surface area contributed by atoms with E-state index < -0.39 is 5.60 Å². The highest BCUT2D eigenvalue weighted by atomic mass is 16.6. The van der Waals surface area contributed by atoms with Gasteiger partial charge in [-0.25, -0.2) is 9.78 Å². The normalized spacial score (nSPS) is 14.8. The smallest absolute Gasteiger partial charge is 0.410 e. The van der Waals surface area contributed by atoms with Crippen molar-refractivity contribution >= 4 is 22.7 Å². The number of piperidine rings is 1. The fourth-order valence-corrected chi connectivity index (χ4v) is 4.68. The van der Waals surface area contributed by atoms with E-state index in [2.05, 4.69) is 28.3 Å². The number of ether oxygens (including phenoxy) is 1. The van der Waals surface area contributed by atoms with Gasteiger partial charge in [0.1, 0.15) is 11.4 Å². The van der Waals surface area contributed by atoms with Crippen molar-refractivity contribution < 1.29 is 9.53 Å². The molecule has 36 heavy (non-hydrogen) atoms. The lowest BCUT2D eigenvalue weighted by Gasteiger charge is -2.33. The second kappa shape index (κ2) is 9.26. The molecule has 0 saturated carbocycles. The zero-order chi connectivity index (χ0) is 25.4. The first-order valence-electron chi connectivity index (χ1n) is 12.3. The van der Waals surface area contributed by atoms with Crippen molar-refractivity contribution in [1.29, 1.82) is 0 Å². The minimum atomic E-state index is -0.488. The number of nitrogen functional groups attached to an aromatic ring is 1. The molecule has 1 aromatic carbocycles. The van der Waals surface area contributed by atoms with Crippen LogP contribution >= 0.6 is 0 Å². The third-order valence-corrected chi connectivity index (χ3v) is 6.55. The highest BCUT2D eigenvalue weighted by Gasteiger charge is 2.28. The number of aryl methyl sites for hydroxylation is 1. The molecule has 0 unspecified atom stereocenters. The number of hydrogen-bond acceptors (Lipinski definition) is 6. The van der Waals surface area contributed by atoms with Crippen LogP contribution in [0.2, 0.25) is 0 Å². The number of pyridine rings is 2. The summed E-state index contributed by atoms with van der Waals surface area (Å²) in [6.45, 7) is 8.97. The first kappa shape index (κ1) is 23.8. The van der Waals surface area contributed by atoms with Gasteiger partial charge in [0.2, 0.25) is 0 Å². The third kappa shape index (κ3) is 4.89. The number of nitrogens with two attached hydrogens (primary N) is 1. The Hall–Kier alpha value is -3.94. The number of carbonyl (C=O) groups excluding carboxylic acids is 1. The molecule has 1 aliphatic heterocycles. The van der Waals surface area contributed by atoms with Crippen LogP contribution in [0.4, 0.5) is 10.6 Å². The lowest BCUT2D eigenvalue weighted by molar-refractivity contribution is 0.0185. The van der Waals surface area contributed by atoms with E-state index >= 15 is 0 Å². The second-order valence-corrected chi connectivity index (χ2v) is 10.4. The maximum Gasteiger partial charge on any atom is 0.410 e. The molecule has 1 aliphatic rings. The van der Waals surface area contributed by atoms with Crippen molar-refractivity contribution in [1.82, 2.24) is 24.6 Å². The van der Waals surface area contributed by atoms with Crippen LogP contribution in [0.25, 0.3) is 33.2 Å². The van der Waals surface area contributed by atoms with Gasteiger partial charge in [0.05, 0.1) is 17.9 Å². The van der Waals surface area contributed by atoms with E-state index in [1.807, 2.05) is 63.0 Å². The van der Waals surface area contributed by atoms with Crippen molar-refractivity contribution in [2.75, 3.05) is 18.8 Å². The summed E-state index contributed by atoms with van der Waals surface area (Å²) in [6.07, 6.45) is 7.08. The third-order valence-electron chi connectivity index (χ3n) is 6.55. The topological polar surface area (TPSA) is 99.2 Å². The zero-order valence-electron chi connectivity index (χ0n) is 21.2. The van der Waals surface area contributed by atoms with Crippen molar-refractivity contribution in [3.63, 3.8) is 0 Å². The van der Waals surface area contributed by atoms with Crippen LogP contribution < -0.4 is 5.73 Å². The molecule has 0 atom stereocenters. The van der Waals surface area contributed by atoms with Gasteiger partial charge >= 0.3 is 6.09 Å². The number of likely N-dealkylation sites (tertiary alicyclic amines) is 1. The number of rotatable bonds is 3. The van der Waals surface area contributed by atoms with E-state index in [9.17, 15) is 4.79 Å². The van der Waals surface area contributed by atoms with Crippen LogP contribution in [-0.2, 0) is 4.74 Å². The largest absolute Gasteiger partial charge is 0.444 e. The number of amides is 1. The molecular formula is C28H32N6O2. The quantitative estimate of drug-likeness (QED) is 0.405. The van der Waals surface area contributed by atoms with E-state index in [0.717, 1.165) is 51.7 Å². The number of nitrogens with zero attached hydrogens (tertiary/aromatic N) is 5. The Labute approximate surface area is 211 Å². The predicted octanol–water partition coefficient (Wildman–Crippen LogP) is 5.62. The van der Waals surface area contributed by atoms with E-state index in [1.165, 1.54) is 0 Å². The van der Waals surface area contributed by atoms with Crippen LogP contribution in [0, 0.1) is 6.92 Å². The second-order valence-electron chi connectivity index (χ2n) is 10.4. The minimum absolute atomic E-state index is 0.225. The van der Waals surface area contributed by atoms with Crippen LogP contribution in [-0.4, -0.2) is 49.4 Å². The standard InChI is InChI=1S/C28H32N6O2/c1-18-23-8-6-5-7-19(23)14-25(32-18)24-13-20(15-30-26(24)29)21-16-31-34(17-21)22-9-11-33(12-10-22)27(35)36-28(2,3)4/h5-8,13-17,22H,9-12H2,1-4H3,(H2,29,30). The Bertz CT molecular complexity index is 1410. The molecular weight excluding hydrogens is 452 g/mol. The van der Waals surface area contributed by atoms with E-state index in [4.69, 9.17) is 15.5 Å². The van der Waals surface area contributed by atoms with Crippen molar-refractivity contribution in [2.24, 2.45) is 0 Å². The molecule has 4 aromatic rings. The van der Waals surface area contributed by atoms with Gasteiger partial charge in [-0.1, -0.05) is 24.3 Å². The SMILES string of the molecule is Cc1nc(-c2cc(-c3cnn(C4CCN(C(=O)OC(C)(C)C)CC4)c3)cnc2N)cc2ccccc12. The van der Waals surface area contributed by atoms with Crippen molar-refractivity contribution in [2.45, 2.75) is 52.2 Å². The van der Waals surface area contributed by atoms with Crippen LogP contribution in [0.3, 0.4) is 0 Å². The molecule has 1 fully saturated rings. The number of benzene rings is 1. The summed E-state index contributed by atoms with van der Waals surface area (Å²) in [6, 6.07) is 12.5. The molecule has 8 nitrogen and oxygen atoms in total.